The first kappa shape index (κ1) is 28.9. The quantitative estimate of drug-likeness (QED) is 0.219. The molecule has 0 aliphatic carbocycles. The summed E-state index contributed by atoms with van der Waals surface area (Å²) in [6.07, 6.45) is 0. The van der Waals surface area contributed by atoms with E-state index >= 15 is 0 Å². The molecule has 40 heavy (non-hydrogen) atoms. The topological polar surface area (TPSA) is 76.2 Å². The highest BCUT2D eigenvalue weighted by Gasteiger charge is 2.30. The van der Waals surface area contributed by atoms with Gasteiger partial charge < -0.3 is 14.4 Å². The molecule has 0 fully saturated rings. The maximum absolute atomic E-state index is 14.0. The molecule has 0 radical (unpaired) electrons. The molecule has 0 N–H and O–H groups in total. The summed E-state index contributed by atoms with van der Waals surface area (Å²) in [5.74, 6) is -0.639. The lowest BCUT2D eigenvalue weighted by atomic mass is 10.1. The van der Waals surface area contributed by atoms with E-state index in [1.807, 2.05) is 60.7 Å². The first-order chi connectivity index (χ1) is 19.2. The van der Waals surface area contributed by atoms with E-state index < -0.39 is 28.3 Å². The smallest absolute Gasteiger partial charge is 0.264 e. The van der Waals surface area contributed by atoms with Gasteiger partial charge in [0.2, 0.25) is 5.91 Å². The molecule has 4 rings (SSSR count). The van der Waals surface area contributed by atoms with Crippen molar-refractivity contribution in [2.45, 2.75) is 18.0 Å². The Morgan fingerprint density at radius 2 is 1.38 bits per heavy atom. The van der Waals surface area contributed by atoms with Gasteiger partial charge in [0.25, 0.3) is 10.0 Å². The van der Waals surface area contributed by atoms with E-state index in [1.165, 1.54) is 44.6 Å². The van der Waals surface area contributed by atoms with Gasteiger partial charge in [-0.2, -0.15) is 0 Å². The number of ether oxygens (including phenoxy) is 2. The van der Waals surface area contributed by atoms with Gasteiger partial charge in [-0.05, 0) is 41.5 Å². The molecule has 0 saturated carbocycles. The Hall–Kier alpha value is -4.08. The molecule has 10 heteroatoms. The third-order valence-electron chi connectivity index (χ3n) is 6.20. The Kier molecular flexibility index (Phi) is 9.29. The van der Waals surface area contributed by atoms with Gasteiger partial charge in [-0.3, -0.25) is 9.10 Å². The van der Waals surface area contributed by atoms with Crippen molar-refractivity contribution in [2.24, 2.45) is 0 Å². The van der Waals surface area contributed by atoms with Gasteiger partial charge in [-0.15, -0.1) is 0 Å². The van der Waals surface area contributed by atoms with E-state index in [9.17, 15) is 17.6 Å². The normalized spacial score (nSPS) is 11.1. The Morgan fingerprint density at radius 1 is 0.800 bits per heavy atom. The second kappa shape index (κ2) is 12.8. The molecule has 7 nitrogen and oxygen atoms in total. The number of halogens is 2. The fourth-order valence-electron chi connectivity index (χ4n) is 4.12. The molecular formula is C30H28ClFN2O5S. The molecule has 208 valence electrons. The van der Waals surface area contributed by atoms with E-state index in [4.69, 9.17) is 21.1 Å². The zero-order valence-electron chi connectivity index (χ0n) is 22.0. The standard InChI is InChI=1S/C30H28ClFN2O5S/c1-38-28-16-14-25(18-29(28)39-2)40(36,37)34(24-13-15-27(32)26(31)17-24)21-30(35)33(19-22-9-5-3-6-10-22)20-23-11-7-4-8-12-23/h3-18H,19-21H2,1-2H3. The van der Waals surface area contributed by atoms with Crippen molar-refractivity contribution in [1.29, 1.82) is 0 Å². The van der Waals surface area contributed by atoms with Crippen LogP contribution in [0, 0.1) is 5.82 Å². The van der Waals surface area contributed by atoms with Crippen LogP contribution in [0.2, 0.25) is 5.02 Å². The van der Waals surface area contributed by atoms with Crippen LogP contribution in [0.3, 0.4) is 0 Å². The monoisotopic (exact) mass is 582 g/mol. The Morgan fingerprint density at radius 3 is 1.90 bits per heavy atom. The van der Waals surface area contributed by atoms with Gasteiger partial charge in [0.05, 0.1) is 29.8 Å². The lowest BCUT2D eigenvalue weighted by Gasteiger charge is -2.29. The van der Waals surface area contributed by atoms with Crippen molar-refractivity contribution in [2.75, 3.05) is 25.1 Å². The number of benzene rings is 4. The summed E-state index contributed by atoms with van der Waals surface area (Å²) in [4.78, 5) is 15.3. The zero-order valence-corrected chi connectivity index (χ0v) is 23.5. The van der Waals surface area contributed by atoms with Gasteiger partial charge in [-0.1, -0.05) is 72.3 Å². The lowest BCUT2D eigenvalue weighted by Crippen LogP contribution is -2.42. The van der Waals surface area contributed by atoms with Crippen LogP contribution in [0.25, 0.3) is 0 Å². The minimum atomic E-state index is -4.35. The van der Waals surface area contributed by atoms with Crippen molar-refractivity contribution >= 4 is 33.2 Å². The highest BCUT2D eigenvalue weighted by atomic mass is 35.5. The van der Waals surface area contributed by atoms with Crippen LogP contribution in [-0.2, 0) is 27.9 Å². The number of sulfonamides is 1. The van der Waals surface area contributed by atoms with Crippen molar-refractivity contribution in [3.63, 3.8) is 0 Å². The van der Waals surface area contributed by atoms with Crippen LogP contribution >= 0.6 is 11.6 Å². The Labute approximate surface area is 238 Å². The minimum Gasteiger partial charge on any atom is -0.493 e. The molecular weight excluding hydrogens is 555 g/mol. The van der Waals surface area contributed by atoms with E-state index in [1.54, 1.807) is 4.90 Å². The van der Waals surface area contributed by atoms with Crippen molar-refractivity contribution < 1.29 is 27.1 Å². The SMILES string of the molecule is COc1ccc(S(=O)(=O)N(CC(=O)N(Cc2ccccc2)Cc2ccccc2)c2ccc(F)c(Cl)c2)cc1OC. The van der Waals surface area contributed by atoms with Gasteiger partial charge in [-0.25, -0.2) is 12.8 Å². The molecule has 0 spiro atoms. The number of carbonyl (C=O) groups is 1. The summed E-state index contributed by atoms with van der Waals surface area (Å²) in [5.41, 5.74) is 1.80. The number of rotatable bonds is 11. The van der Waals surface area contributed by atoms with Gasteiger partial charge >= 0.3 is 0 Å². The molecule has 1 amide bonds. The van der Waals surface area contributed by atoms with Crippen LogP contribution in [0.5, 0.6) is 11.5 Å². The molecule has 0 aromatic heterocycles. The summed E-state index contributed by atoms with van der Waals surface area (Å²) < 4.78 is 53.5. The molecule has 0 heterocycles. The highest BCUT2D eigenvalue weighted by molar-refractivity contribution is 7.92. The molecule has 0 bridgehead atoms. The average Bonchev–Trinajstić information content (AvgIpc) is 2.97. The third-order valence-corrected chi connectivity index (χ3v) is 8.26. The summed E-state index contributed by atoms with van der Waals surface area (Å²) >= 11 is 6.03. The first-order valence-electron chi connectivity index (χ1n) is 12.3. The predicted octanol–water partition coefficient (Wildman–Crippen LogP) is 5.92. The second-order valence-electron chi connectivity index (χ2n) is 8.85. The van der Waals surface area contributed by atoms with Crippen molar-refractivity contribution in [3.8, 4) is 11.5 Å². The fourth-order valence-corrected chi connectivity index (χ4v) is 5.72. The Balaban J connectivity index is 1.75. The van der Waals surface area contributed by atoms with E-state index in [0.717, 1.165) is 21.5 Å². The Bertz CT molecular complexity index is 1530. The van der Waals surface area contributed by atoms with E-state index in [0.29, 0.717) is 5.75 Å². The minimum absolute atomic E-state index is 0.0360. The molecule has 0 unspecified atom stereocenters. The van der Waals surface area contributed by atoms with Gasteiger partial charge in [0, 0.05) is 19.2 Å². The number of carbonyl (C=O) groups excluding carboxylic acids is 1. The van der Waals surface area contributed by atoms with Crippen LogP contribution in [0.15, 0.2) is 102 Å². The number of anilines is 1. The third kappa shape index (κ3) is 6.73. The summed E-state index contributed by atoms with van der Waals surface area (Å²) in [5, 5.41) is -0.275. The molecule has 0 atom stereocenters. The second-order valence-corrected chi connectivity index (χ2v) is 11.1. The number of hydrogen-bond donors (Lipinski definition) is 0. The van der Waals surface area contributed by atoms with Crippen LogP contribution in [-0.4, -0.2) is 40.0 Å². The van der Waals surface area contributed by atoms with Gasteiger partial charge in [0.15, 0.2) is 11.5 Å². The molecule has 4 aromatic carbocycles. The first-order valence-corrected chi connectivity index (χ1v) is 14.1. The van der Waals surface area contributed by atoms with Crippen molar-refractivity contribution in [3.05, 3.63) is 119 Å². The van der Waals surface area contributed by atoms with Gasteiger partial charge in [0.1, 0.15) is 12.4 Å². The molecule has 0 aliphatic heterocycles. The van der Waals surface area contributed by atoms with Crippen LogP contribution in [0.4, 0.5) is 10.1 Å². The fraction of sp³-hybridized carbons (Fsp3) is 0.167. The van der Waals surface area contributed by atoms with Crippen molar-refractivity contribution in [1.82, 2.24) is 4.90 Å². The van der Waals surface area contributed by atoms with E-state index in [2.05, 4.69) is 0 Å². The highest BCUT2D eigenvalue weighted by Crippen LogP contribution is 2.33. The maximum atomic E-state index is 14.0. The molecule has 4 aromatic rings. The maximum Gasteiger partial charge on any atom is 0.264 e. The lowest BCUT2D eigenvalue weighted by molar-refractivity contribution is -0.130. The molecule has 0 aliphatic rings. The number of hydrogen-bond acceptors (Lipinski definition) is 5. The summed E-state index contributed by atoms with van der Waals surface area (Å²) in [6, 6.07) is 26.4. The summed E-state index contributed by atoms with van der Waals surface area (Å²) in [7, 11) is -1.52. The number of amides is 1. The predicted molar refractivity (Wildman–Crippen MR) is 153 cm³/mol. The number of methoxy groups -OCH3 is 2. The average molecular weight is 583 g/mol. The summed E-state index contributed by atoms with van der Waals surface area (Å²) in [6.45, 7) is -0.0513. The molecule has 0 saturated heterocycles. The van der Waals surface area contributed by atoms with Crippen LogP contribution < -0.4 is 13.8 Å². The zero-order chi connectivity index (χ0) is 28.7. The number of nitrogens with zero attached hydrogens (tertiary/aromatic N) is 2. The van der Waals surface area contributed by atoms with Crippen LogP contribution in [0.1, 0.15) is 11.1 Å². The largest absolute Gasteiger partial charge is 0.493 e. The van der Waals surface area contributed by atoms with E-state index in [-0.39, 0.29) is 34.4 Å².